The maximum Gasteiger partial charge on any atom is 0.411 e. The van der Waals surface area contributed by atoms with Crippen molar-refractivity contribution >= 4 is 54.2 Å². The first kappa shape index (κ1) is 49.7. The molecule has 4 aromatic carbocycles. The molecule has 1 aromatic heterocycles. The molecule has 1 saturated heterocycles. The third-order valence-electron chi connectivity index (χ3n) is 13.0. The van der Waals surface area contributed by atoms with E-state index in [-0.39, 0.29) is 43.4 Å². The van der Waals surface area contributed by atoms with Gasteiger partial charge in [0.1, 0.15) is 29.9 Å². The van der Waals surface area contributed by atoms with Crippen LogP contribution in [0.3, 0.4) is 0 Å². The number of nitrogens with zero attached hydrogens (tertiary/aromatic N) is 5. The average molecular weight is 955 g/mol. The van der Waals surface area contributed by atoms with E-state index in [0.717, 1.165) is 28.7 Å². The quantitative estimate of drug-likeness (QED) is 0.0553. The molecule has 17 heteroatoms. The maximum atomic E-state index is 17.0. The summed E-state index contributed by atoms with van der Waals surface area (Å²) in [5.74, 6) is -1.58. The highest BCUT2D eigenvalue weighted by atomic mass is 28.4. The van der Waals surface area contributed by atoms with Gasteiger partial charge in [-0.1, -0.05) is 102 Å². The number of fused-ring (bicyclic) bond motifs is 4. The molecule has 5 aromatic rings. The highest BCUT2D eigenvalue weighted by molar-refractivity contribution is 6.90. The van der Waals surface area contributed by atoms with E-state index in [1.54, 1.807) is 42.5 Å². The maximum absolute atomic E-state index is 17.0. The minimum Gasteiger partial charge on any atom is -0.494 e. The van der Waals surface area contributed by atoms with Crippen LogP contribution in [0.4, 0.5) is 8.90 Å². The highest BCUT2D eigenvalue weighted by Gasteiger charge is 2.56. The van der Waals surface area contributed by atoms with E-state index in [0.29, 0.717) is 41.2 Å². The summed E-state index contributed by atoms with van der Waals surface area (Å²) in [5, 5.41) is 17.4. The lowest BCUT2D eigenvalue weighted by atomic mass is 10.1. The second-order valence-electron chi connectivity index (χ2n) is 19.5. The Morgan fingerprint density at radius 3 is 2.16 bits per heavy atom. The molecule has 5 amide bonds. The predicted molar refractivity (Wildman–Crippen MR) is 262 cm³/mol. The summed E-state index contributed by atoms with van der Waals surface area (Å²) < 4.78 is 29.2. The molecule has 2 atom stereocenters. The minimum atomic E-state index is -3.58. The number of nitriles is 1. The van der Waals surface area contributed by atoms with Crippen molar-refractivity contribution in [1.29, 1.82) is 5.26 Å². The van der Waals surface area contributed by atoms with Crippen LogP contribution in [0.25, 0.3) is 22.0 Å². The number of likely N-dealkylation sites (N-methyl/N-ethyl adjacent to an activating group) is 1. The Labute approximate surface area is 403 Å². The van der Waals surface area contributed by atoms with Crippen LogP contribution in [0.5, 0.6) is 5.75 Å². The molecule has 0 radical (unpaired) electrons. The molecule has 15 nitrogen and oxygen atoms in total. The third-order valence-corrected chi connectivity index (χ3v) is 18.2. The van der Waals surface area contributed by atoms with Gasteiger partial charge in [0.05, 0.1) is 24.7 Å². The molecule has 1 aliphatic carbocycles. The zero-order chi connectivity index (χ0) is 49.7. The number of carbonyl (C=O) groups excluding carboxylic acids is 5. The van der Waals surface area contributed by atoms with E-state index in [9.17, 15) is 29.2 Å². The van der Waals surface area contributed by atoms with Gasteiger partial charge in [-0.15, -0.1) is 0 Å². The number of ether oxygens (including phenoxy) is 2. The van der Waals surface area contributed by atoms with Crippen LogP contribution in [0.15, 0.2) is 97.3 Å². The summed E-state index contributed by atoms with van der Waals surface area (Å²) in [4.78, 5) is 78.7. The van der Waals surface area contributed by atoms with Gasteiger partial charge in [-0.3, -0.25) is 24.1 Å². The molecule has 0 spiro atoms. The average Bonchev–Trinajstić information content (AvgIpc) is 3.95. The van der Waals surface area contributed by atoms with Gasteiger partial charge in [0.2, 0.25) is 11.8 Å². The van der Waals surface area contributed by atoms with Gasteiger partial charge in [-0.2, -0.15) is 5.26 Å². The first-order valence-electron chi connectivity index (χ1n) is 23.2. The zero-order valence-corrected chi connectivity index (χ0v) is 41.1. The lowest BCUT2D eigenvalue weighted by Gasteiger charge is -2.44. The molecular formula is C52H59FN8O7Si. The van der Waals surface area contributed by atoms with Crippen molar-refractivity contribution in [2.75, 3.05) is 39.8 Å². The van der Waals surface area contributed by atoms with Crippen LogP contribution in [0, 0.1) is 11.3 Å². The third kappa shape index (κ3) is 10.5. The van der Waals surface area contributed by atoms with E-state index in [1.807, 2.05) is 90.1 Å². The number of hydrogen-bond donors (Lipinski definition) is 3. The summed E-state index contributed by atoms with van der Waals surface area (Å²) in [6.07, 6.45) is 1.42. The molecule has 360 valence electrons. The fourth-order valence-electron chi connectivity index (χ4n) is 9.53. The normalized spacial score (nSPS) is 15.1. The molecule has 0 bridgehead atoms. The van der Waals surface area contributed by atoms with Gasteiger partial charge in [-0.25, -0.2) is 14.8 Å². The number of aromatic nitrogens is 2. The number of rotatable bonds is 15. The number of nitrogens with one attached hydrogen (secondary N) is 3. The Kier molecular flexibility index (Phi) is 14.8. The number of benzene rings is 4. The molecule has 0 unspecified atom stereocenters. The van der Waals surface area contributed by atoms with Gasteiger partial charge in [-0.05, 0) is 76.0 Å². The van der Waals surface area contributed by atoms with Gasteiger partial charge < -0.3 is 34.4 Å². The van der Waals surface area contributed by atoms with Crippen LogP contribution in [-0.4, -0.2) is 110 Å². The fourth-order valence-corrected chi connectivity index (χ4v) is 14.1. The summed E-state index contributed by atoms with van der Waals surface area (Å²) >= 11 is 0. The molecule has 2 heterocycles. The zero-order valence-electron chi connectivity index (χ0n) is 40.1. The Hall–Kier alpha value is -7.19. The van der Waals surface area contributed by atoms with E-state index >= 15 is 4.11 Å². The van der Waals surface area contributed by atoms with Crippen LogP contribution < -0.4 is 25.9 Å². The standard InChI is InChI=1S/C52H59FN8O7Si/c1-51(2,3)69(53,52(4,5)6)36-22-19-33(20-23-36)47(63)56-30-43(60(7)50(66)68-46-39-17-10-8-15-37(39)38-16-9-11-18-40(38)46)48(64)55-25-13-27-67-35-21-24-42-41(28-35)45(59-32-58-42)49(65)57-31-44(62)61-26-12-14-34(61)29-54/h8-11,15-24,28,32,34,43,46H,12-14,25-27,30-31H2,1-7H3,(H,55,64)(H,56,63)(H,57,65)/t34-,43+/m0/s1. The molecule has 69 heavy (non-hydrogen) atoms. The molecule has 0 saturated carbocycles. The Morgan fingerprint density at radius 1 is 0.870 bits per heavy atom. The van der Waals surface area contributed by atoms with Crippen LogP contribution in [-0.2, 0) is 14.3 Å². The number of hydrogen-bond acceptors (Lipinski definition) is 10. The number of likely N-dealkylation sites (tertiary alicyclic amines) is 1. The molecule has 7 rings (SSSR count). The van der Waals surface area contributed by atoms with Gasteiger partial charge in [0, 0.05) is 48.8 Å². The number of amides is 5. The lowest BCUT2D eigenvalue weighted by molar-refractivity contribution is -0.130. The van der Waals surface area contributed by atoms with Crippen molar-refractivity contribution in [2.45, 2.75) is 89.1 Å². The molecular weight excluding hydrogens is 896 g/mol. The van der Waals surface area contributed by atoms with Crippen LogP contribution in [0.2, 0.25) is 10.1 Å². The van der Waals surface area contributed by atoms with E-state index < -0.39 is 60.5 Å². The van der Waals surface area contributed by atoms with Gasteiger partial charge in [0.25, 0.3) is 20.2 Å². The summed E-state index contributed by atoms with van der Waals surface area (Å²) in [7, 11) is -2.14. The van der Waals surface area contributed by atoms with Crippen molar-refractivity contribution in [1.82, 2.24) is 35.7 Å². The Balaban J connectivity index is 1.00. The van der Waals surface area contributed by atoms with Crippen LogP contribution >= 0.6 is 0 Å². The molecule has 2 aliphatic rings. The predicted octanol–water partition coefficient (Wildman–Crippen LogP) is 7.12. The first-order chi connectivity index (χ1) is 32.8. The smallest absolute Gasteiger partial charge is 0.411 e. The Bertz CT molecular complexity index is 2730. The summed E-state index contributed by atoms with van der Waals surface area (Å²) in [6.45, 7) is 11.6. The lowest BCUT2D eigenvalue weighted by Crippen LogP contribution is -2.57. The number of halogens is 1. The second-order valence-corrected chi connectivity index (χ2v) is 24.4. The largest absolute Gasteiger partial charge is 0.494 e. The molecule has 1 aliphatic heterocycles. The fraction of sp³-hybridized carbons (Fsp3) is 0.385. The topological polar surface area (TPSA) is 196 Å². The van der Waals surface area contributed by atoms with Gasteiger partial charge >= 0.3 is 6.09 Å². The SMILES string of the molecule is CN(C(=O)OC1c2ccccc2-c2ccccc21)[C@H](CNC(=O)c1ccc([Si](F)(C(C)(C)C)C(C)(C)C)cc1)C(=O)NCCCOc1ccc2ncnc(C(=O)NCC(=O)N3CCC[C@H]3C#N)c2c1. The molecule has 3 N–H and O–H groups in total. The van der Waals surface area contributed by atoms with E-state index in [2.05, 4.69) is 32.0 Å². The van der Waals surface area contributed by atoms with E-state index in [4.69, 9.17) is 9.47 Å². The highest BCUT2D eigenvalue weighted by Crippen LogP contribution is 2.51. The van der Waals surface area contributed by atoms with Crippen molar-refractivity contribution in [2.24, 2.45) is 0 Å². The minimum absolute atomic E-state index is 0.0485. The first-order valence-corrected chi connectivity index (χ1v) is 25.0. The van der Waals surface area contributed by atoms with E-state index in [1.165, 1.54) is 23.2 Å². The Morgan fingerprint density at radius 2 is 1.52 bits per heavy atom. The number of carbonyl (C=O) groups is 5. The second kappa shape index (κ2) is 20.6. The summed E-state index contributed by atoms with van der Waals surface area (Å²) in [6, 6.07) is 27.3. The van der Waals surface area contributed by atoms with Crippen molar-refractivity contribution in [3.05, 3.63) is 120 Å². The molecule has 1 fully saturated rings. The monoisotopic (exact) mass is 954 g/mol. The van der Waals surface area contributed by atoms with Crippen molar-refractivity contribution in [3.63, 3.8) is 0 Å². The van der Waals surface area contributed by atoms with Crippen molar-refractivity contribution < 1.29 is 37.6 Å². The van der Waals surface area contributed by atoms with Gasteiger partial charge in [0.15, 0.2) is 6.10 Å². The van der Waals surface area contributed by atoms with Crippen molar-refractivity contribution in [3.8, 4) is 22.9 Å². The van der Waals surface area contributed by atoms with Crippen LogP contribution in [0.1, 0.15) is 98.9 Å². The summed E-state index contributed by atoms with van der Waals surface area (Å²) in [5.41, 5.74) is 4.32.